The fourth-order valence-corrected chi connectivity index (χ4v) is 4.09. The van der Waals surface area contributed by atoms with Gasteiger partial charge in [0, 0.05) is 31.5 Å². The zero-order valence-electron chi connectivity index (χ0n) is 18.2. The molecule has 32 heavy (non-hydrogen) atoms. The largest absolute Gasteiger partial charge is 0.534 e. The molecule has 2 unspecified atom stereocenters. The number of hydrogen-bond donors (Lipinski definition) is 0. The molecule has 0 bridgehead atoms. The van der Waals surface area contributed by atoms with Crippen LogP contribution in [0.4, 0.5) is 13.2 Å². The minimum atomic E-state index is -5.86. The highest BCUT2D eigenvalue weighted by atomic mass is 32.2. The number of hydrogen-bond acceptors (Lipinski definition) is 6. The molecule has 0 radical (unpaired) electrons. The van der Waals surface area contributed by atoms with Crippen LogP contribution in [-0.2, 0) is 23.8 Å². The van der Waals surface area contributed by atoms with Gasteiger partial charge in [-0.15, -0.1) is 0 Å². The molecule has 2 aliphatic heterocycles. The second-order valence-electron chi connectivity index (χ2n) is 8.94. The van der Waals surface area contributed by atoms with Crippen molar-refractivity contribution < 1.29 is 40.0 Å². The number of alkyl halides is 3. The number of benzene rings is 1. The highest BCUT2D eigenvalue weighted by Crippen LogP contribution is 2.44. The molecule has 0 saturated carbocycles. The Labute approximate surface area is 185 Å². The molecule has 7 nitrogen and oxygen atoms in total. The van der Waals surface area contributed by atoms with Gasteiger partial charge in [0.05, 0.1) is 11.2 Å². The molecule has 3 rings (SSSR count). The number of amides is 1. The number of nitrogens with zero attached hydrogens (tertiary/aromatic N) is 1. The van der Waals surface area contributed by atoms with E-state index in [9.17, 15) is 26.4 Å². The monoisotopic (exact) mass is 477 g/mol. The SMILES string of the molecule is CC1CN(C(=O)COC(C)(C)C)CCC12C=C(OS(=O)(=O)C(F)(F)F)c1ccccc1O2. The predicted octanol–water partition coefficient (Wildman–Crippen LogP) is 3.71. The first-order valence-electron chi connectivity index (χ1n) is 10.1. The smallest absolute Gasteiger partial charge is 0.482 e. The molecule has 1 spiro atoms. The van der Waals surface area contributed by atoms with E-state index in [0.717, 1.165) is 0 Å². The van der Waals surface area contributed by atoms with E-state index in [2.05, 4.69) is 4.18 Å². The van der Waals surface area contributed by atoms with Gasteiger partial charge in [-0.2, -0.15) is 21.6 Å². The van der Waals surface area contributed by atoms with Gasteiger partial charge in [-0.05, 0) is 32.9 Å². The van der Waals surface area contributed by atoms with Crippen LogP contribution in [0.5, 0.6) is 5.75 Å². The van der Waals surface area contributed by atoms with Crippen molar-refractivity contribution >= 4 is 21.8 Å². The highest BCUT2D eigenvalue weighted by Gasteiger charge is 2.51. The van der Waals surface area contributed by atoms with Crippen LogP contribution in [0.1, 0.15) is 39.7 Å². The van der Waals surface area contributed by atoms with Crippen molar-refractivity contribution in [3.63, 3.8) is 0 Å². The van der Waals surface area contributed by atoms with Crippen molar-refractivity contribution in [2.24, 2.45) is 5.92 Å². The summed E-state index contributed by atoms with van der Waals surface area (Å²) in [5.74, 6) is -0.801. The molecule has 1 amide bonds. The first-order valence-corrected chi connectivity index (χ1v) is 11.5. The van der Waals surface area contributed by atoms with Gasteiger partial charge in [0.25, 0.3) is 0 Å². The van der Waals surface area contributed by atoms with Crippen LogP contribution in [-0.4, -0.2) is 55.6 Å². The molecular formula is C21H26F3NO6S. The van der Waals surface area contributed by atoms with Gasteiger partial charge in [0.2, 0.25) is 5.91 Å². The number of likely N-dealkylation sites (tertiary alicyclic amines) is 1. The van der Waals surface area contributed by atoms with Crippen molar-refractivity contribution in [2.45, 2.75) is 50.8 Å². The second kappa shape index (κ2) is 8.26. The predicted molar refractivity (Wildman–Crippen MR) is 110 cm³/mol. The Balaban J connectivity index is 1.87. The van der Waals surface area contributed by atoms with Gasteiger partial charge >= 0.3 is 15.6 Å². The lowest BCUT2D eigenvalue weighted by atomic mass is 9.79. The maximum atomic E-state index is 12.9. The number of carbonyl (C=O) groups excluding carboxylic acids is 1. The number of ether oxygens (including phenoxy) is 2. The van der Waals surface area contributed by atoms with Crippen LogP contribution in [0.15, 0.2) is 30.3 Å². The minimum absolute atomic E-state index is 0.0963. The number of halogens is 3. The summed E-state index contributed by atoms with van der Waals surface area (Å²) < 4.78 is 78.4. The lowest BCUT2D eigenvalue weighted by Gasteiger charge is -2.46. The average Bonchev–Trinajstić information content (AvgIpc) is 2.66. The Morgan fingerprint density at radius 3 is 2.50 bits per heavy atom. The normalized spacial score (nSPS) is 23.9. The van der Waals surface area contributed by atoms with Crippen LogP contribution >= 0.6 is 0 Å². The molecule has 2 heterocycles. The van der Waals surface area contributed by atoms with E-state index in [1.807, 2.05) is 20.8 Å². The quantitative estimate of drug-likeness (QED) is 0.486. The van der Waals surface area contributed by atoms with Crippen molar-refractivity contribution in [2.75, 3.05) is 19.7 Å². The van der Waals surface area contributed by atoms with E-state index in [-0.39, 0.29) is 49.3 Å². The summed E-state index contributed by atoms with van der Waals surface area (Å²) in [5.41, 5.74) is -7.07. The summed E-state index contributed by atoms with van der Waals surface area (Å²) in [6.07, 6.45) is 1.53. The number of fused-ring (bicyclic) bond motifs is 1. The highest BCUT2D eigenvalue weighted by molar-refractivity contribution is 7.87. The molecule has 2 aliphatic rings. The number of carbonyl (C=O) groups is 1. The Bertz CT molecular complexity index is 1020. The Kier molecular flexibility index (Phi) is 6.29. The molecule has 1 aromatic carbocycles. The summed E-state index contributed by atoms with van der Waals surface area (Å²) in [6.45, 7) is 7.71. The van der Waals surface area contributed by atoms with Gasteiger partial charge in [-0.25, -0.2) is 0 Å². The Morgan fingerprint density at radius 1 is 1.25 bits per heavy atom. The van der Waals surface area contributed by atoms with Crippen LogP contribution in [0, 0.1) is 5.92 Å². The molecule has 1 fully saturated rings. The standard InChI is InChI=1S/C21H26F3NO6S/c1-14-12-25(18(26)13-29-19(2,3)4)10-9-20(14)11-17(31-32(27,28)21(22,23)24)15-7-5-6-8-16(15)30-20/h5-8,11,14H,9-10,12-13H2,1-4H3. The van der Waals surface area contributed by atoms with E-state index in [1.54, 1.807) is 17.9 Å². The third-order valence-corrected chi connectivity index (χ3v) is 6.36. The van der Waals surface area contributed by atoms with Crippen molar-refractivity contribution in [3.05, 3.63) is 35.9 Å². The first kappa shape index (κ1) is 24.4. The minimum Gasteiger partial charge on any atom is -0.482 e. The molecule has 2 atom stereocenters. The van der Waals surface area contributed by atoms with Crippen LogP contribution in [0.3, 0.4) is 0 Å². The molecule has 11 heteroatoms. The summed E-state index contributed by atoms with van der Waals surface area (Å²) in [6, 6.07) is 6.13. The fraction of sp³-hybridized carbons (Fsp3) is 0.571. The van der Waals surface area contributed by atoms with Crippen molar-refractivity contribution in [1.29, 1.82) is 0 Å². The summed E-state index contributed by atoms with van der Waals surface area (Å²) in [7, 11) is -5.86. The van der Waals surface area contributed by atoms with Gasteiger partial charge in [-0.1, -0.05) is 19.1 Å². The van der Waals surface area contributed by atoms with Gasteiger partial charge in [0.15, 0.2) is 5.76 Å². The molecule has 0 aromatic heterocycles. The zero-order chi connectivity index (χ0) is 23.9. The molecule has 1 aromatic rings. The van der Waals surface area contributed by atoms with Crippen LogP contribution in [0.25, 0.3) is 5.76 Å². The van der Waals surface area contributed by atoms with E-state index in [1.165, 1.54) is 24.3 Å². The van der Waals surface area contributed by atoms with E-state index in [4.69, 9.17) is 9.47 Å². The Hall–Kier alpha value is -2.27. The lowest BCUT2D eigenvalue weighted by molar-refractivity contribution is -0.145. The topological polar surface area (TPSA) is 82.1 Å². The average molecular weight is 478 g/mol. The number of para-hydroxylation sites is 1. The Morgan fingerprint density at radius 2 is 1.91 bits per heavy atom. The summed E-state index contributed by atoms with van der Waals surface area (Å²) >= 11 is 0. The fourth-order valence-electron chi connectivity index (χ4n) is 3.62. The van der Waals surface area contributed by atoms with Crippen LogP contribution < -0.4 is 4.74 Å². The lowest BCUT2D eigenvalue weighted by Crippen LogP contribution is -2.56. The van der Waals surface area contributed by atoms with Gasteiger partial charge in [-0.3, -0.25) is 4.79 Å². The van der Waals surface area contributed by atoms with Crippen molar-refractivity contribution in [1.82, 2.24) is 4.90 Å². The van der Waals surface area contributed by atoms with E-state index < -0.39 is 32.6 Å². The molecule has 1 saturated heterocycles. The van der Waals surface area contributed by atoms with Crippen molar-refractivity contribution in [3.8, 4) is 5.75 Å². The van der Waals surface area contributed by atoms with Crippen LogP contribution in [0.2, 0.25) is 0 Å². The third kappa shape index (κ3) is 5.03. The van der Waals surface area contributed by atoms with Gasteiger partial charge in [0.1, 0.15) is 18.0 Å². The summed E-state index contributed by atoms with van der Waals surface area (Å²) in [4.78, 5) is 14.1. The molecule has 178 valence electrons. The molecule has 0 aliphatic carbocycles. The summed E-state index contributed by atoms with van der Waals surface area (Å²) in [5, 5.41) is 0. The maximum absolute atomic E-state index is 12.9. The molecular weight excluding hydrogens is 451 g/mol. The maximum Gasteiger partial charge on any atom is 0.534 e. The van der Waals surface area contributed by atoms with E-state index in [0.29, 0.717) is 0 Å². The molecule has 0 N–H and O–H groups in total. The number of rotatable bonds is 4. The first-order chi connectivity index (χ1) is 14.6. The van der Waals surface area contributed by atoms with Gasteiger partial charge < -0.3 is 18.6 Å². The zero-order valence-corrected chi connectivity index (χ0v) is 19.0. The van der Waals surface area contributed by atoms with E-state index >= 15 is 0 Å². The number of piperidine rings is 1. The third-order valence-electron chi connectivity index (χ3n) is 5.39. The second-order valence-corrected chi connectivity index (χ2v) is 10.5.